The van der Waals surface area contributed by atoms with Crippen LogP contribution < -0.4 is 4.74 Å². The van der Waals surface area contributed by atoms with Gasteiger partial charge >= 0.3 is 0 Å². The molecule has 2 aliphatic rings. The van der Waals surface area contributed by atoms with Crippen LogP contribution in [0.5, 0.6) is 11.5 Å². The molecule has 0 bridgehead atoms. The van der Waals surface area contributed by atoms with E-state index in [1.54, 1.807) is 24.8 Å². The zero-order chi connectivity index (χ0) is 20.0. The summed E-state index contributed by atoms with van der Waals surface area (Å²) in [4.78, 5) is 17.8. The molecule has 0 radical (unpaired) electrons. The Morgan fingerprint density at radius 2 is 1.57 bits per heavy atom. The lowest BCUT2D eigenvalue weighted by atomic mass is 9.80. The molecule has 4 aromatic rings. The monoisotopic (exact) mass is 392 g/mol. The van der Waals surface area contributed by atoms with Gasteiger partial charge in [-0.3, -0.25) is 15.0 Å². The predicted octanol–water partition coefficient (Wildman–Crippen LogP) is 4.61. The number of aromatic nitrogens is 3. The summed E-state index contributed by atoms with van der Waals surface area (Å²) in [6, 6.07) is 16.0. The molecule has 6 heteroatoms. The molecule has 0 saturated heterocycles. The molecule has 5 heterocycles. The molecule has 0 amide bonds. The van der Waals surface area contributed by atoms with Crippen LogP contribution in [0.25, 0.3) is 22.4 Å². The zero-order valence-electron chi connectivity index (χ0n) is 15.9. The van der Waals surface area contributed by atoms with E-state index in [2.05, 4.69) is 21.0 Å². The Kier molecular flexibility index (Phi) is 3.64. The third kappa shape index (κ3) is 2.50. The van der Waals surface area contributed by atoms with E-state index < -0.39 is 5.54 Å². The van der Waals surface area contributed by atoms with Crippen molar-refractivity contribution in [3.05, 3.63) is 90.6 Å². The first-order valence-corrected chi connectivity index (χ1v) is 9.62. The Balaban J connectivity index is 1.54. The molecule has 0 fully saturated rings. The van der Waals surface area contributed by atoms with Gasteiger partial charge in [0.05, 0.1) is 11.9 Å². The number of fused-ring (bicyclic) bond motifs is 4. The van der Waals surface area contributed by atoms with Gasteiger partial charge in [-0.25, -0.2) is 4.99 Å². The molecule has 2 aliphatic heterocycles. The van der Waals surface area contributed by atoms with E-state index in [0.717, 1.165) is 39.3 Å². The number of nitrogens with zero attached hydrogens (tertiary/aromatic N) is 4. The first-order valence-electron chi connectivity index (χ1n) is 9.62. The van der Waals surface area contributed by atoms with Crippen LogP contribution >= 0.6 is 0 Å². The van der Waals surface area contributed by atoms with Crippen LogP contribution in [0.2, 0.25) is 0 Å². The van der Waals surface area contributed by atoms with Crippen molar-refractivity contribution < 1.29 is 9.47 Å². The van der Waals surface area contributed by atoms with Crippen molar-refractivity contribution in [1.82, 2.24) is 15.0 Å². The molecule has 3 aromatic heterocycles. The van der Waals surface area contributed by atoms with Gasteiger partial charge in [0.2, 0.25) is 0 Å². The van der Waals surface area contributed by atoms with Crippen LogP contribution in [0.4, 0.5) is 0 Å². The summed E-state index contributed by atoms with van der Waals surface area (Å²) in [5.74, 6) is 1.45. The summed E-state index contributed by atoms with van der Waals surface area (Å²) in [6.07, 6.45) is 10.5. The fraction of sp³-hybridized carbons (Fsp3) is 0.0833. The normalized spacial score (nSPS) is 18.4. The molecule has 144 valence electrons. The van der Waals surface area contributed by atoms with E-state index in [1.165, 1.54) is 6.40 Å². The van der Waals surface area contributed by atoms with Crippen molar-refractivity contribution in [1.29, 1.82) is 0 Å². The van der Waals surface area contributed by atoms with E-state index >= 15 is 0 Å². The largest absolute Gasteiger partial charge is 0.480 e. The molecule has 30 heavy (non-hydrogen) atoms. The maximum absolute atomic E-state index is 6.22. The minimum atomic E-state index is -0.680. The molecule has 1 aromatic carbocycles. The van der Waals surface area contributed by atoms with E-state index in [-0.39, 0.29) is 0 Å². The second-order valence-electron chi connectivity index (χ2n) is 7.27. The van der Waals surface area contributed by atoms with Gasteiger partial charge in [0.1, 0.15) is 12.4 Å². The van der Waals surface area contributed by atoms with Gasteiger partial charge in [-0.2, -0.15) is 0 Å². The van der Waals surface area contributed by atoms with Crippen LogP contribution in [0.15, 0.2) is 84.5 Å². The maximum atomic E-state index is 6.22. The average Bonchev–Trinajstić information content (AvgIpc) is 3.31. The van der Waals surface area contributed by atoms with E-state index in [1.807, 2.05) is 48.7 Å². The maximum Gasteiger partial charge on any atom is 0.170 e. The fourth-order valence-electron chi connectivity index (χ4n) is 4.06. The summed E-state index contributed by atoms with van der Waals surface area (Å²) < 4.78 is 11.9. The number of aliphatic imine (C=N–C) groups is 1. The SMILES string of the molecule is C1=N[C@@]2(CO1)c1cc(-c3cccnc3)ccc1Oc1cnc(-c3cccnc3)cc12. The van der Waals surface area contributed by atoms with Gasteiger partial charge in [-0.05, 0) is 42.0 Å². The summed E-state index contributed by atoms with van der Waals surface area (Å²) in [5.41, 5.74) is 5.06. The molecule has 0 unspecified atom stereocenters. The second-order valence-corrected chi connectivity index (χ2v) is 7.27. The smallest absolute Gasteiger partial charge is 0.170 e. The summed E-state index contributed by atoms with van der Waals surface area (Å²) in [7, 11) is 0. The molecule has 0 saturated carbocycles. The Hall–Kier alpha value is -4.06. The average molecular weight is 392 g/mol. The second kappa shape index (κ2) is 6.49. The van der Waals surface area contributed by atoms with Crippen LogP contribution in [0.1, 0.15) is 11.1 Å². The van der Waals surface area contributed by atoms with Crippen LogP contribution in [-0.2, 0) is 10.3 Å². The van der Waals surface area contributed by atoms with Crippen molar-refractivity contribution in [3.63, 3.8) is 0 Å². The fourth-order valence-corrected chi connectivity index (χ4v) is 4.06. The van der Waals surface area contributed by atoms with E-state index in [4.69, 9.17) is 14.5 Å². The van der Waals surface area contributed by atoms with Gasteiger partial charge in [0, 0.05) is 47.0 Å². The van der Waals surface area contributed by atoms with Crippen LogP contribution in [-0.4, -0.2) is 28.0 Å². The number of hydrogen-bond acceptors (Lipinski definition) is 6. The Morgan fingerprint density at radius 1 is 0.767 bits per heavy atom. The molecule has 1 spiro atoms. The lowest BCUT2D eigenvalue weighted by Gasteiger charge is -2.34. The van der Waals surface area contributed by atoms with Crippen LogP contribution in [0, 0.1) is 0 Å². The zero-order valence-corrected chi connectivity index (χ0v) is 15.9. The molecular formula is C24H16N4O2. The standard InChI is InChI=1S/C24H16N4O2/c1-3-17(11-25-7-1)16-5-6-22-19(9-16)24(14-29-15-28-24)20-10-21(27-13-23(20)30-22)18-4-2-8-26-12-18/h1-13,15H,14H2/t24-/m0/s1. The van der Waals surface area contributed by atoms with Gasteiger partial charge < -0.3 is 9.47 Å². The van der Waals surface area contributed by atoms with E-state index in [0.29, 0.717) is 12.4 Å². The first-order chi connectivity index (χ1) is 14.8. The van der Waals surface area contributed by atoms with Gasteiger partial charge in [-0.1, -0.05) is 12.1 Å². The summed E-state index contributed by atoms with van der Waals surface area (Å²) in [5, 5.41) is 0. The number of hydrogen-bond donors (Lipinski definition) is 0. The Bertz CT molecular complexity index is 1180. The minimum Gasteiger partial charge on any atom is -0.480 e. The number of pyridine rings is 3. The van der Waals surface area contributed by atoms with Crippen molar-refractivity contribution in [3.8, 4) is 33.9 Å². The number of rotatable bonds is 2. The number of benzene rings is 1. The van der Waals surface area contributed by atoms with Crippen molar-refractivity contribution in [2.24, 2.45) is 4.99 Å². The summed E-state index contributed by atoms with van der Waals surface area (Å²) >= 11 is 0. The highest BCUT2D eigenvalue weighted by Gasteiger charge is 2.45. The lowest BCUT2D eigenvalue weighted by molar-refractivity contribution is 0.273. The highest BCUT2D eigenvalue weighted by Crippen LogP contribution is 2.51. The molecular weight excluding hydrogens is 376 g/mol. The highest BCUT2D eigenvalue weighted by atomic mass is 16.5. The molecule has 6 nitrogen and oxygen atoms in total. The minimum absolute atomic E-state index is 0.406. The molecule has 0 aliphatic carbocycles. The van der Waals surface area contributed by atoms with Gasteiger partial charge in [0.15, 0.2) is 17.7 Å². The summed E-state index contributed by atoms with van der Waals surface area (Å²) in [6.45, 7) is 0.406. The van der Waals surface area contributed by atoms with Crippen LogP contribution in [0.3, 0.4) is 0 Å². The lowest BCUT2D eigenvalue weighted by Crippen LogP contribution is -2.31. The highest BCUT2D eigenvalue weighted by molar-refractivity contribution is 5.72. The number of ether oxygens (including phenoxy) is 2. The third-order valence-corrected chi connectivity index (χ3v) is 5.55. The Morgan fingerprint density at radius 3 is 2.30 bits per heavy atom. The Labute approximate surface area is 172 Å². The van der Waals surface area contributed by atoms with Gasteiger partial charge in [0.25, 0.3) is 0 Å². The first kappa shape index (κ1) is 16.9. The van der Waals surface area contributed by atoms with E-state index in [9.17, 15) is 0 Å². The third-order valence-electron chi connectivity index (χ3n) is 5.55. The predicted molar refractivity (Wildman–Crippen MR) is 112 cm³/mol. The quantitative estimate of drug-likeness (QED) is 0.498. The molecule has 1 atom stereocenters. The van der Waals surface area contributed by atoms with Crippen molar-refractivity contribution in [2.45, 2.75) is 5.54 Å². The van der Waals surface area contributed by atoms with Crippen molar-refractivity contribution in [2.75, 3.05) is 6.61 Å². The molecule has 0 N–H and O–H groups in total. The van der Waals surface area contributed by atoms with Gasteiger partial charge in [-0.15, -0.1) is 0 Å². The van der Waals surface area contributed by atoms with Crippen molar-refractivity contribution >= 4 is 6.40 Å². The molecule has 6 rings (SSSR count). The topological polar surface area (TPSA) is 69.5 Å².